The van der Waals surface area contributed by atoms with Gasteiger partial charge < -0.3 is 4.74 Å². The molecule has 1 heterocycles. The predicted octanol–water partition coefficient (Wildman–Crippen LogP) is 1.26. The lowest BCUT2D eigenvalue weighted by atomic mass is 9.99. The zero-order chi connectivity index (χ0) is 18.8. The van der Waals surface area contributed by atoms with Gasteiger partial charge in [-0.25, -0.2) is 25.9 Å². The number of hydrogen-bond donors (Lipinski definition) is 1. The summed E-state index contributed by atoms with van der Waals surface area (Å²) >= 11 is 0. The zero-order valence-corrected chi connectivity index (χ0v) is 16.7. The Balaban J connectivity index is 2.01. The molecule has 1 saturated heterocycles. The summed E-state index contributed by atoms with van der Waals surface area (Å²) in [6, 6.07) is 3.20. The third-order valence-electron chi connectivity index (χ3n) is 4.55. The average Bonchev–Trinajstić information content (AvgIpc) is 2.52. The second kappa shape index (κ2) is 7.61. The lowest BCUT2D eigenvalue weighted by Crippen LogP contribution is -2.41. The van der Waals surface area contributed by atoms with E-state index in [1.165, 1.54) is 10.6 Å². The first-order chi connectivity index (χ1) is 11.5. The van der Waals surface area contributed by atoms with Crippen LogP contribution in [0.15, 0.2) is 17.0 Å². The van der Waals surface area contributed by atoms with Gasteiger partial charge >= 0.3 is 0 Å². The number of aryl methyl sites for hydroxylation is 2. The van der Waals surface area contributed by atoms with Crippen LogP contribution in [0.3, 0.4) is 0 Å². The molecule has 25 heavy (non-hydrogen) atoms. The molecular weight excluding hydrogens is 364 g/mol. The van der Waals surface area contributed by atoms with E-state index >= 15 is 0 Å². The average molecular weight is 391 g/mol. The van der Waals surface area contributed by atoms with E-state index in [1.54, 1.807) is 19.2 Å². The summed E-state index contributed by atoms with van der Waals surface area (Å²) in [5, 5.41) is 0. The lowest BCUT2D eigenvalue weighted by Gasteiger charge is -2.30. The maximum Gasteiger partial charge on any atom is 0.240 e. The van der Waals surface area contributed by atoms with Gasteiger partial charge in [-0.15, -0.1) is 0 Å². The molecule has 0 saturated carbocycles. The van der Waals surface area contributed by atoms with Crippen LogP contribution in [0.2, 0.25) is 0 Å². The second-order valence-corrected chi connectivity index (χ2v) is 10.3. The molecule has 7 nitrogen and oxygen atoms in total. The summed E-state index contributed by atoms with van der Waals surface area (Å²) in [5.41, 5.74) is 1.54. The fourth-order valence-electron chi connectivity index (χ4n) is 3.14. The fourth-order valence-corrected chi connectivity index (χ4v) is 5.30. The molecule has 0 atom stereocenters. The van der Waals surface area contributed by atoms with E-state index in [0.717, 1.165) is 11.1 Å². The Kier molecular flexibility index (Phi) is 6.13. The topological polar surface area (TPSA) is 92.8 Å². The molecule has 0 aromatic heterocycles. The van der Waals surface area contributed by atoms with Gasteiger partial charge in [-0.1, -0.05) is 0 Å². The van der Waals surface area contributed by atoms with Crippen molar-refractivity contribution in [2.45, 2.75) is 31.6 Å². The van der Waals surface area contributed by atoms with Gasteiger partial charge in [0.1, 0.15) is 5.75 Å². The molecule has 1 N–H and O–H groups in total. The van der Waals surface area contributed by atoms with E-state index in [2.05, 4.69) is 4.72 Å². The molecule has 0 radical (unpaired) electrons. The Morgan fingerprint density at radius 2 is 1.64 bits per heavy atom. The number of ether oxygens (including phenoxy) is 1. The van der Waals surface area contributed by atoms with Crippen molar-refractivity contribution < 1.29 is 21.6 Å². The van der Waals surface area contributed by atoms with Gasteiger partial charge in [-0.2, -0.15) is 0 Å². The van der Waals surface area contributed by atoms with Crippen LogP contribution in [0.5, 0.6) is 5.75 Å². The van der Waals surface area contributed by atoms with E-state index in [0.29, 0.717) is 38.2 Å². The molecule has 1 fully saturated rings. The van der Waals surface area contributed by atoms with Gasteiger partial charge in [0.2, 0.25) is 20.0 Å². The number of rotatable bonds is 6. The number of benzene rings is 1. The van der Waals surface area contributed by atoms with Gasteiger partial charge in [0.25, 0.3) is 0 Å². The van der Waals surface area contributed by atoms with Crippen LogP contribution < -0.4 is 9.46 Å². The Bertz CT molecular complexity index is 803. The molecule has 0 amide bonds. The molecule has 0 bridgehead atoms. The highest BCUT2D eigenvalue weighted by molar-refractivity contribution is 7.89. The van der Waals surface area contributed by atoms with Crippen molar-refractivity contribution in [3.63, 3.8) is 0 Å². The molecule has 1 aliphatic heterocycles. The molecule has 1 aliphatic rings. The third kappa shape index (κ3) is 4.93. The van der Waals surface area contributed by atoms with Crippen LogP contribution in [0.25, 0.3) is 0 Å². The zero-order valence-electron chi connectivity index (χ0n) is 15.1. The highest BCUT2D eigenvalue weighted by Gasteiger charge is 2.26. The molecule has 9 heteroatoms. The SMILES string of the molecule is COc1c(C)cc(S(=O)(=O)NCC2CCN(S(C)(=O)=O)CC2)cc1C. The number of hydrogen-bond acceptors (Lipinski definition) is 5. The first-order valence-electron chi connectivity index (χ1n) is 8.14. The van der Waals surface area contributed by atoms with Crippen molar-refractivity contribution >= 4 is 20.0 Å². The quantitative estimate of drug-likeness (QED) is 0.789. The largest absolute Gasteiger partial charge is 0.496 e. The Morgan fingerprint density at radius 3 is 2.08 bits per heavy atom. The van der Waals surface area contributed by atoms with Crippen molar-refractivity contribution in [2.24, 2.45) is 5.92 Å². The van der Waals surface area contributed by atoms with Crippen molar-refractivity contribution in [1.82, 2.24) is 9.03 Å². The molecule has 1 aromatic carbocycles. The van der Waals surface area contributed by atoms with Crippen molar-refractivity contribution in [2.75, 3.05) is 33.0 Å². The minimum absolute atomic E-state index is 0.133. The standard InChI is InChI=1S/C16H26N2O5S2/c1-12-9-15(10-13(2)16(12)23-3)25(21,22)17-11-14-5-7-18(8-6-14)24(4,19)20/h9-10,14,17H,5-8,11H2,1-4H3. The summed E-state index contributed by atoms with van der Waals surface area (Å²) in [6.45, 7) is 4.81. The summed E-state index contributed by atoms with van der Waals surface area (Å²) in [5.74, 6) is 0.820. The first-order valence-corrected chi connectivity index (χ1v) is 11.5. The lowest BCUT2D eigenvalue weighted by molar-refractivity contribution is 0.275. The Labute approximate surface area is 150 Å². The molecule has 0 unspecified atom stereocenters. The number of nitrogens with zero attached hydrogens (tertiary/aromatic N) is 1. The van der Waals surface area contributed by atoms with Crippen LogP contribution in [-0.4, -0.2) is 54.1 Å². The molecular formula is C16H26N2O5S2. The predicted molar refractivity (Wildman–Crippen MR) is 96.8 cm³/mol. The number of sulfonamides is 2. The van der Waals surface area contributed by atoms with E-state index < -0.39 is 20.0 Å². The molecule has 142 valence electrons. The summed E-state index contributed by atoms with van der Waals surface area (Å²) in [6.07, 6.45) is 2.50. The summed E-state index contributed by atoms with van der Waals surface area (Å²) < 4.78 is 57.5. The highest BCUT2D eigenvalue weighted by Crippen LogP contribution is 2.26. The maximum absolute atomic E-state index is 12.5. The van der Waals surface area contributed by atoms with Crippen LogP contribution >= 0.6 is 0 Å². The maximum atomic E-state index is 12.5. The summed E-state index contributed by atoms with van der Waals surface area (Å²) in [4.78, 5) is 0.219. The fraction of sp³-hybridized carbons (Fsp3) is 0.625. The molecule has 0 aliphatic carbocycles. The van der Waals surface area contributed by atoms with Crippen LogP contribution in [0.4, 0.5) is 0 Å². The molecule has 0 spiro atoms. The van der Waals surface area contributed by atoms with E-state index in [-0.39, 0.29) is 10.8 Å². The van der Waals surface area contributed by atoms with Crippen molar-refractivity contribution in [3.8, 4) is 5.75 Å². The minimum atomic E-state index is -3.61. The highest BCUT2D eigenvalue weighted by atomic mass is 32.2. The minimum Gasteiger partial charge on any atom is -0.496 e. The van der Waals surface area contributed by atoms with Crippen LogP contribution in [-0.2, 0) is 20.0 Å². The Hall–Kier alpha value is -1.16. The van der Waals surface area contributed by atoms with E-state index in [4.69, 9.17) is 4.74 Å². The van der Waals surface area contributed by atoms with Gasteiger partial charge in [0.15, 0.2) is 0 Å². The monoisotopic (exact) mass is 390 g/mol. The number of nitrogens with one attached hydrogen (secondary N) is 1. The first kappa shape index (κ1) is 20.2. The molecule has 1 aromatic rings. The van der Waals surface area contributed by atoms with Gasteiger partial charge in [0, 0.05) is 19.6 Å². The summed E-state index contributed by atoms with van der Waals surface area (Å²) in [7, 11) is -5.22. The normalized spacial score (nSPS) is 17.6. The number of piperidine rings is 1. The van der Waals surface area contributed by atoms with Crippen LogP contribution in [0, 0.1) is 19.8 Å². The van der Waals surface area contributed by atoms with Crippen molar-refractivity contribution in [3.05, 3.63) is 23.3 Å². The Morgan fingerprint density at radius 1 is 1.12 bits per heavy atom. The van der Waals surface area contributed by atoms with E-state index in [9.17, 15) is 16.8 Å². The van der Waals surface area contributed by atoms with Crippen LogP contribution in [0.1, 0.15) is 24.0 Å². The number of methoxy groups -OCH3 is 1. The van der Waals surface area contributed by atoms with Gasteiger partial charge in [0.05, 0.1) is 18.3 Å². The third-order valence-corrected chi connectivity index (χ3v) is 7.26. The van der Waals surface area contributed by atoms with Crippen molar-refractivity contribution in [1.29, 1.82) is 0 Å². The molecule has 2 rings (SSSR count). The van der Waals surface area contributed by atoms with Gasteiger partial charge in [-0.3, -0.25) is 0 Å². The smallest absolute Gasteiger partial charge is 0.240 e. The second-order valence-electron chi connectivity index (χ2n) is 6.55. The van der Waals surface area contributed by atoms with Gasteiger partial charge in [-0.05, 0) is 55.9 Å². The van der Waals surface area contributed by atoms with E-state index in [1.807, 2.05) is 13.8 Å².